The average molecular weight is 479 g/mol. The van der Waals surface area contributed by atoms with Gasteiger partial charge in [0.25, 0.3) is 5.91 Å². The summed E-state index contributed by atoms with van der Waals surface area (Å²) in [5.74, 6) is -0.103. The van der Waals surface area contributed by atoms with Crippen molar-refractivity contribution in [1.29, 1.82) is 0 Å². The average Bonchev–Trinajstić information content (AvgIpc) is 3.15. The third-order valence-electron chi connectivity index (χ3n) is 5.34. The molecule has 3 rings (SSSR count). The van der Waals surface area contributed by atoms with E-state index in [-0.39, 0.29) is 17.1 Å². The van der Waals surface area contributed by atoms with Gasteiger partial charge in [-0.2, -0.15) is 10.2 Å². The molecule has 3 aromatic rings. The van der Waals surface area contributed by atoms with Gasteiger partial charge in [0, 0.05) is 0 Å². The number of nitrogens with zero attached hydrogens (tertiary/aromatic N) is 4. The Bertz CT molecular complexity index is 1300. The number of ether oxygens (including phenoxy) is 2. The fourth-order valence-corrected chi connectivity index (χ4v) is 3.38. The van der Waals surface area contributed by atoms with Crippen LogP contribution in [0.2, 0.25) is 0 Å². The van der Waals surface area contributed by atoms with Crippen LogP contribution in [-0.4, -0.2) is 39.4 Å². The molecule has 0 aliphatic heterocycles. The van der Waals surface area contributed by atoms with Gasteiger partial charge in [0.15, 0.2) is 0 Å². The molecule has 1 amide bonds. The van der Waals surface area contributed by atoms with Crippen LogP contribution >= 0.6 is 0 Å². The maximum absolute atomic E-state index is 12.6. The smallest absolute Gasteiger partial charge is 0.343 e. The summed E-state index contributed by atoms with van der Waals surface area (Å²) in [6.45, 7) is 6.34. The number of rotatable bonds is 8. The summed E-state index contributed by atoms with van der Waals surface area (Å²) < 4.78 is 11.8. The summed E-state index contributed by atoms with van der Waals surface area (Å²) in [7, 11) is 1.52. The Kier molecular flexibility index (Phi) is 7.59. The number of hydrogen-bond donors (Lipinski definition) is 1. The van der Waals surface area contributed by atoms with Gasteiger partial charge >= 0.3 is 11.7 Å². The van der Waals surface area contributed by atoms with E-state index in [0.717, 1.165) is 0 Å². The van der Waals surface area contributed by atoms with Gasteiger partial charge < -0.3 is 9.47 Å². The van der Waals surface area contributed by atoms with Crippen molar-refractivity contribution in [3.8, 4) is 11.5 Å². The normalized spacial score (nSPS) is 12.1. The molecule has 1 atom stereocenters. The van der Waals surface area contributed by atoms with Crippen molar-refractivity contribution in [3.05, 3.63) is 81.2 Å². The molecule has 0 saturated heterocycles. The minimum atomic E-state index is -0.808. The van der Waals surface area contributed by atoms with Crippen LogP contribution < -0.4 is 14.9 Å². The zero-order valence-corrected chi connectivity index (χ0v) is 19.9. The van der Waals surface area contributed by atoms with Gasteiger partial charge in [0.1, 0.15) is 28.9 Å². The standard InChI is InChI=1S/C24H25N5O6/c1-14(25-26-23(30)17(4)28-16(3)22(29(32)33)15(2)27-28)18-9-11-20(12-10-18)35-24(31)19-7-6-8-21(13-19)34-5/h6-13,17H,1-5H3,(H,26,30). The summed E-state index contributed by atoms with van der Waals surface area (Å²) in [5, 5.41) is 19.4. The van der Waals surface area contributed by atoms with E-state index in [1.165, 1.54) is 18.7 Å². The van der Waals surface area contributed by atoms with Gasteiger partial charge in [-0.3, -0.25) is 19.6 Å². The molecule has 0 radical (unpaired) electrons. The van der Waals surface area contributed by atoms with E-state index in [9.17, 15) is 19.7 Å². The third-order valence-corrected chi connectivity index (χ3v) is 5.34. The minimum Gasteiger partial charge on any atom is -0.497 e. The summed E-state index contributed by atoms with van der Waals surface area (Å²) in [4.78, 5) is 35.6. The second kappa shape index (κ2) is 10.6. The Morgan fingerprint density at radius 2 is 1.80 bits per heavy atom. The second-order valence-electron chi connectivity index (χ2n) is 7.72. The van der Waals surface area contributed by atoms with E-state index in [1.807, 2.05) is 0 Å². The van der Waals surface area contributed by atoms with Crippen molar-refractivity contribution in [2.24, 2.45) is 5.10 Å². The molecule has 1 aromatic heterocycles. The van der Waals surface area contributed by atoms with Crippen molar-refractivity contribution < 1.29 is 24.0 Å². The molecule has 1 unspecified atom stereocenters. The highest BCUT2D eigenvalue weighted by Crippen LogP contribution is 2.24. The molecule has 11 heteroatoms. The predicted molar refractivity (Wildman–Crippen MR) is 128 cm³/mol. The van der Waals surface area contributed by atoms with Crippen molar-refractivity contribution >= 4 is 23.3 Å². The second-order valence-corrected chi connectivity index (χ2v) is 7.72. The van der Waals surface area contributed by atoms with Crippen LogP contribution in [0.3, 0.4) is 0 Å². The Balaban J connectivity index is 1.64. The molecule has 2 aromatic carbocycles. The maximum atomic E-state index is 12.6. The SMILES string of the molecule is COc1cccc(C(=O)Oc2ccc(C(C)=NNC(=O)C(C)n3nc(C)c([N+](=O)[O-])c3C)cc2)c1. The molecule has 35 heavy (non-hydrogen) atoms. The summed E-state index contributed by atoms with van der Waals surface area (Å²) >= 11 is 0. The van der Waals surface area contributed by atoms with E-state index in [4.69, 9.17) is 9.47 Å². The summed E-state index contributed by atoms with van der Waals surface area (Å²) in [6, 6.07) is 12.5. The van der Waals surface area contributed by atoms with Crippen LogP contribution in [0.4, 0.5) is 5.69 Å². The fraction of sp³-hybridized carbons (Fsp3) is 0.250. The minimum absolute atomic E-state index is 0.114. The van der Waals surface area contributed by atoms with E-state index in [2.05, 4.69) is 15.6 Å². The van der Waals surface area contributed by atoms with Crippen LogP contribution in [0.1, 0.15) is 47.2 Å². The number of amides is 1. The first-order valence-corrected chi connectivity index (χ1v) is 10.6. The van der Waals surface area contributed by atoms with E-state index in [0.29, 0.717) is 28.3 Å². The molecule has 0 fully saturated rings. The van der Waals surface area contributed by atoms with E-state index in [1.54, 1.807) is 69.3 Å². The third kappa shape index (κ3) is 5.69. The first-order valence-electron chi connectivity index (χ1n) is 10.6. The highest BCUT2D eigenvalue weighted by atomic mass is 16.6. The van der Waals surface area contributed by atoms with Gasteiger partial charge in [-0.05, 0) is 75.7 Å². The van der Waals surface area contributed by atoms with Gasteiger partial charge in [0.05, 0.1) is 23.3 Å². The first-order chi connectivity index (χ1) is 16.6. The van der Waals surface area contributed by atoms with Gasteiger partial charge in [-0.1, -0.05) is 6.07 Å². The lowest BCUT2D eigenvalue weighted by atomic mass is 10.1. The number of esters is 1. The Morgan fingerprint density at radius 3 is 2.40 bits per heavy atom. The van der Waals surface area contributed by atoms with Crippen LogP contribution in [-0.2, 0) is 4.79 Å². The molecular weight excluding hydrogens is 454 g/mol. The molecule has 182 valence electrons. The van der Waals surface area contributed by atoms with Gasteiger partial charge in [-0.15, -0.1) is 0 Å². The van der Waals surface area contributed by atoms with Crippen LogP contribution in [0, 0.1) is 24.0 Å². The molecule has 0 aliphatic carbocycles. The quantitative estimate of drug-likeness (QED) is 0.171. The maximum Gasteiger partial charge on any atom is 0.343 e. The van der Waals surface area contributed by atoms with Crippen molar-refractivity contribution in [1.82, 2.24) is 15.2 Å². The Hall–Kier alpha value is -4.54. The molecule has 0 saturated carbocycles. The summed E-state index contributed by atoms with van der Waals surface area (Å²) in [5.41, 5.74) is 4.43. The number of carbonyl (C=O) groups excluding carboxylic acids is 2. The van der Waals surface area contributed by atoms with Gasteiger partial charge in [-0.25, -0.2) is 10.2 Å². The molecule has 0 spiro atoms. The Morgan fingerprint density at radius 1 is 1.11 bits per heavy atom. The fourth-order valence-electron chi connectivity index (χ4n) is 3.38. The Labute approximate surface area is 201 Å². The number of aryl methyl sites for hydroxylation is 1. The molecule has 1 heterocycles. The van der Waals surface area contributed by atoms with Crippen LogP contribution in [0.25, 0.3) is 0 Å². The highest BCUT2D eigenvalue weighted by Gasteiger charge is 2.27. The van der Waals surface area contributed by atoms with Crippen LogP contribution in [0.15, 0.2) is 53.6 Å². The largest absolute Gasteiger partial charge is 0.497 e. The van der Waals surface area contributed by atoms with Crippen molar-refractivity contribution in [2.45, 2.75) is 33.7 Å². The topological polar surface area (TPSA) is 138 Å². The number of nitro groups is 1. The number of nitrogens with one attached hydrogen (secondary N) is 1. The summed E-state index contributed by atoms with van der Waals surface area (Å²) in [6.07, 6.45) is 0. The van der Waals surface area contributed by atoms with Crippen molar-refractivity contribution in [2.75, 3.05) is 7.11 Å². The lowest BCUT2D eigenvalue weighted by Crippen LogP contribution is -2.29. The molecule has 0 aliphatic rings. The highest BCUT2D eigenvalue weighted by molar-refractivity contribution is 5.99. The lowest BCUT2D eigenvalue weighted by molar-refractivity contribution is -0.386. The first kappa shape index (κ1) is 25.1. The molecule has 1 N–H and O–H groups in total. The number of aromatic nitrogens is 2. The number of benzene rings is 2. The zero-order chi connectivity index (χ0) is 25.7. The lowest BCUT2D eigenvalue weighted by Gasteiger charge is -2.12. The zero-order valence-electron chi connectivity index (χ0n) is 19.9. The van der Waals surface area contributed by atoms with Crippen molar-refractivity contribution in [3.63, 3.8) is 0 Å². The number of hydrazone groups is 1. The van der Waals surface area contributed by atoms with Gasteiger partial charge in [0.2, 0.25) is 0 Å². The van der Waals surface area contributed by atoms with E-state index >= 15 is 0 Å². The molecule has 11 nitrogen and oxygen atoms in total. The number of carbonyl (C=O) groups is 2. The molecule has 0 bridgehead atoms. The number of methoxy groups -OCH3 is 1. The van der Waals surface area contributed by atoms with E-state index < -0.39 is 22.8 Å². The van der Waals surface area contributed by atoms with Crippen LogP contribution in [0.5, 0.6) is 11.5 Å². The predicted octanol–water partition coefficient (Wildman–Crippen LogP) is 3.74. The number of hydrogen-bond acceptors (Lipinski definition) is 8. The monoisotopic (exact) mass is 479 g/mol. The molecular formula is C24H25N5O6.